The van der Waals surface area contributed by atoms with Gasteiger partial charge < -0.3 is 9.47 Å². The topological polar surface area (TPSA) is 18.5 Å². The summed E-state index contributed by atoms with van der Waals surface area (Å²) < 4.78 is 11.3. The largest absolute Gasteiger partial charge is 0.498 e. The fourth-order valence-corrected chi connectivity index (χ4v) is 2.94. The van der Waals surface area contributed by atoms with E-state index < -0.39 is 0 Å². The van der Waals surface area contributed by atoms with E-state index in [4.69, 9.17) is 9.47 Å². The van der Waals surface area contributed by atoms with Crippen LogP contribution in [0, 0.1) is 5.92 Å². The molecule has 2 atom stereocenters. The molecular weight excluding hydrogens is 188 g/mol. The number of ether oxygens (including phenoxy) is 2. The molecule has 0 aromatic carbocycles. The lowest BCUT2D eigenvalue weighted by Crippen LogP contribution is -2.26. The lowest BCUT2D eigenvalue weighted by atomic mass is 10.0. The second kappa shape index (κ2) is 4.17. The first-order chi connectivity index (χ1) is 7.42. The third kappa shape index (κ3) is 2.05. The van der Waals surface area contributed by atoms with Gasteiger partial charge in [-0.15, -0.1) is 0 Å². The summed E-state index contributed by atoms with van der Waals surface area (Å²) in [5.74, 6) is 2.28. The molecule has 1 aliphatic heterocycles. The van der Waals surface area contributed by atoms with Crippen LogP contribution in [0.2, 0.25) is 0 Å². The summed E-state index contributed by atoms with van der Waals surface area (Å²) in [4.78, 5) is 0. The maximum Gasteiger partial charge on any atom is 0.0954 e. The Balaban J connectivity index is 1.35. The molecule has 2 bridgehead atoms. The van der Waals surface area contributed by atoms with Gasteiger partial charge in [0.2, 0.25) is 0 Å². The van der Waals surface area contributed by atoms with E-state index in [0.717, 1.165) is 25.6 Å². The number of allylic oxidation sites excluding steroid dienone is 2. The minimum absolute atomic E-state index is 0.547. The van der Waals surface area contributed by atoms with E-state index in [1.807, 2.05) is 0 Å². The Kier molecular flexibility index (Phi) is 2.70. The first-order valence-electron chi connectivity index (χ1n) is 6.37. The van der Waals surface area contributed by atoms with E-state index in [-0.39, 0.29) is 0 Å². The highest BCUT2D eigenvalue weighted by Crippen LogP contribution is 2.44. The fourth-order valence-electron chi connectivity index (χ4n) is 2.94. The fraction of sp³-hybridized carbons (Fsp3) is 0.846. The number of hydrogen-bond donors (Lipinski definition) is 0. The SMILES string of the molecule is C(COC1=C2CCC(C2)C1)CC1CCO1. The van der Waals surface area contributed by atoms with Crippen LogP contribution in [-0.2, 0) is 9.47 Å². The van der Waals surface area contributed by atoms with Crippen LogP contribution in [0.5, 0.6) is 0 Å². The molecule has 84 valence electrons. The maximum atomic E-state index is 5.88. The van der Waals surface area contributed by atoms with Crippen LogP contribution in [0.15, 0.2) is 11.3 Å². The number of hydrogen-bond acceptors (Lipinski definition) is 2. The van der Waals surface area contributed by atoms with Crippen LogP contribution in [0.3, 0.4) is 0 Å². The number of fused-ring (bicyclic) bond motifs is 2. The lowest BCUT2D eigenvalue weighted by molar-refractivity contribution is -0.0575. The molecular formula is C13H20O2. The van der Waals surface area contributed by atoms with Gasteiger partial charge in [-0.05, 0) is 50.0 Å². The average molecular weight is 208 g/mol. The van der Waals surface area contributed by atoms with Crippen LogP contribution in [-0.4, -0.2) is 19.3 Å². The van der Waals surface area contributed by atoms with Gasteiger partial charge in [0.05, 0.1) is 18.5 Å². The molecule has 2 heteroatoms. The molecule has 1 saturated heterocycles. The quantitative estimate of drug-likeness (QED) is 0.646. The van der Waals surface area contributed by atoms with Gasteiger partial charge in [-0.2, -0.15) is 0 Å². The molecule has 0 aromatic rings. The summed E-state index contributed by atoms with van der Waals surface area (Å²) >= 11 is 0. The van der Waals surface area contributed by atoms with Crippen molar-refractivity contribution in [3.63, 3.8) is 0 Å². The molecule has 0 aromatic heterocycles. The normalized spacial score (nSPS) is 33.3. The van der Waals surface area contributed by atoms with Crippen molar-refractivity contribution in [3.05, 3.63) is 11.3 Å². The van der Waals surface area contributed by atoms with Gasteiger partial charge in [-0.3, -0.25) is 0 Å². The van der Waals surface area contributed by atoms with Crippen LogP contribution in [0.1, 0.15) is 44.9 Å². The zero-order valence-electron chi connectivity index (χ0n) is 9.34. The van der Waals surface area contributed by atoms with E-state index in [9.17, 15) is 0 Å². The summed E-state index contributed by atoms with van der Waals surface area (Å²) in [5.41, 5.74) is 1.62. The first kappa shape index (κ1) is 9.71. The molecule has 3 aliphatic rings. The van der Waals surface area contributed by atoms with Crippen LogP contribution >= 0.6 is 0 Å². The molecule has 0 spiro atoms. The second-order valence-corrected chi connectivity index (χ2v) is 5.11. The van der Waals surface area contributed by atoms with Gasteiger partial charge in [0, 0.05) is 13.0 Å². The van der Waals surface area contributed by atoms with Gasteiger partial charge in [-0.1, -0.05) is 0 Å². The molecule has 2 aliphatic carbocycles. The van der Waals surface area contributed by atoms with E-state index >= 15 is 0 Å². The highest BCUT2D eigenvalue weighted by atomic mass is 16.5. The number of rotatable bonds is 5. The van der Waals surface area contributed by atoms with Gasteiger partial charge >= 0.3 is 0 Å². The molecule has 2 fully saturated rings. The van der Waals surface area contributed by atoms with E-state index in [0.29, 0.717) is 6.10 Å². The van der Waals surface area contributed by atoms with Crippen molar-refractivity contribution in [1.82, 2.24) is 0 Å². The van der Waals surface area contributed by atoms with Crippen LogP contribution in [0.4, 0.5) is 0 Å². The first-order valence-corrected chi connectivity index (χ1v) is 6.37. The average Bonchev–Trinajstić information content (AvgIpc) is 2.75. The van der Waals surface area contributed by atoms with Crippen molar-refractivity contribution in [2.75, 3.05) is 13.2 Å². The lowest BCUT2D eigenvalue weighted by Gasteiger charge is -2.26. The highest BCUT2D eigenvalue weighted by Gasteiger charge is 2.31. The summed E-state index contributed by atoms with van der Waals surface area (Å²) in [5, 5.41) is 0. The zero-order valence-corrected chi connectivity index (χ0v) is 9.34. The molecule has 2 unspecified atom stereocenters. The highest BCUT2D eigenvalue weighted by molar-refractivity contribution is 5.21. The second-order valence-electron chi connectivity index (χ2n) is 5.11. The third-order valence-corrected chi connectivity index (χ3v) is 4.00. The molecule has 0 radical (unpaired) electrons. The Morgan fingerprint density at radius 3 is 2.80 bits per heavy atom. The third-order valence-electron chi connectivity index (χ3n) is 4.00. The van der Waals surface area contributed by atoms with Crippen molar-refractivity contribution in [2.24, 2.45) is 5.92 Å². The maximum absolute atomic E-state index is 5.88. The Morgan fingerprint density at radius 2 is 2.20 bits per heavy atom. The van der Waals surface area contributed by atoms with E-state index in [1.165, 1.54) is 44.3 Å². The smallest absolute Gasteiger partial charge is 0.0954 e. The molecule has 0 amide bonds. The Morgan fingerprint density at radius 1 is 1.27 bits per heavy atom. The summed E-state index contributed by atoms with van der Waals surface area (Å²) in [7, 11) is 0. The molecule has 1 saturated carbocycles. The molecule has 1 heterocycles. The van der Waals surface area contributed by atoms with Gasteiger partial charge in [0.1, 0.15) is 0 Å². The monoisotopic (exact) mass is 208 g/mol. The minimum Gasteiger partial charge on any atom is -0.498 e. The van der Waals surface area contributed by atoms with Crippen LogP contribution in [0.25, 0.3) is 0 Å². The Labute approximate surface area is 91.6 Å². The molecule has 0 N–H and O–H groups in total. The zero-order chi connectivity index (χ0) is 10.1. The van der Waals surface area contributed by atoms with Crippen molar-refractivity contribution in [3.8, 4) is 0 Å². The summed E-state index contributed by atoms with van der Waals surface area (Å²) in [6, 6.07) is 0. The van der Waals surface area contributed by atoms with Crippen molar-refractivity contribution >= 4 is 0 Å². The molecule has 3 rings (SSSR count). The van der Waals surface area contributed by atoms with Crippen molar-refractivity contribution < 1.29 is 9.47 Å². The molecule has 2 nitrogen and oxygen atoms in total. The minimum atomic E-state index is 0.547. The Hall–Kier alpha value is -0.500. The predicted octanol–water partition coefficient (Wildman–Crippen LogP) is 3.03. The van der Waals surface area contributed by atoms with Crippen molar-refractivity contribution in [2.45, 2.75) is 51.0 Å². The van der Waals surface area contributed by atoms with Gasteiger partial charge in [-0.25, -0.2) is 0 Å². The molecule has 15 heavy (non-hydrogen) atoms. The van der Waals surface area contributed by atoms with Crippen LogP contribution < -0.4 is 0 Å². The standard InChI is InChI=1S/C13H20O2/c1(2-12-5-7-14-12)6-15-13-9-10-3-4-11(13)8-10/h10,12H,1-9H2. The Bertz CT molecular complexity index is 266. The summed E-state index contributed by atoms with van der Waals surface area (Å²) in [6.45, 7) is 1.88. The predicted molar refractivity (Wildman–Crippen MR) is 58.5 cm³/mol. The van der Waals surface area contributed by atoms with E-state index in [1.54, 1.807) is 5.57 Å². The summed E-state index contributed by atoms with van der Waals surface area (Å²) in [6.07, 6.45) is 9.44. The van der Waals surface area contributed by atoms with Crippen molar-refractivity contribution in [1.29, 1.82) is 0 Å². The van der Waals surface area contributed by atoms with Gasteiger partial charge in [0.15, 0.2) is 0 Å². The van der Waals surface area contributed by atoms with E-state index in [2.05, 4.69) is 0 Å². The van der Waals surface area contributed by atoms with Gasteiger partial charge in [0.25, 0.3) is 0 Å².